The molecule has 0 radical (unpaired) electrons. The van der Waals surface area contributed by atoms with Crippen LogP contribution in [0.25, 0.3) is 10.9 Å². The Hall–Kier alpha value is -3.16. The number of fused-ring (bicyclic) bond motifs is 3. The summed E-state index contributed by atoms with van der Waals surface area (Å²) in [4.78, 5) is 18.5. The number of ether oxygens (including phenoxy) is 3. The molecule has 1 saturated heterocycles. The van der Waals surface area contributed by atoms with E-state index in [2.05, 4.69) is 4.98 Å². The molecule has 0 atom stereocenters. The summed E-state index contributed by atoms with van der Waals surface area (Å²) in [6.45, 7) is 3.11. The number of carbonyl (C=O) groups excluding carboxylic acids is 1. The number of para-hydroxylation sites is 2. The fourth-order valence-electron chi connectivity index (χ4n) is 3.83. The van der Waals surface area contributed by atoms with E-state index in [1.807, 2.05) is 48.7 Å². The minimum atomic E-state index is -0.170. The van der Waals surface area contributed by atoms with Crippen LogP contribution < -0.4 is 27.0 Å². The van der Waals surface area contributed by atoms with Crippen LogP contribution in [0.15, 0.2) is 79.0 Å². The molecule has 3 aromatic carbocycles. The maximum absolute atomic E-state index is 13.5. The van der Waals surface area contributed by atoms with Crippen molar-refractivity contribution in [2.24, 2.45) is 0 Å². The number of hydrogen-bond acceptors (Lipinski definition) is 4. The average Bonchev–Trinajstić information content (AvgIpc) is 2.99. The molecule has 2 aliphatic heterocycles. The lowest BCUT2D eigenvalue weighted by molar-refractivity contribution is -0.344. The van der Waals surface area contributed by atoms with Gasteiger partial charge in [-0.25, -0.2) is 4.98 Å². The van der Waals surface area contributed by atoms with E-state index in [9.17, 15) is 4.79 Å². The molecule has 1 amide bonds. The van der Waals surface area contributed by atoms with Gasteiger partial charge in [0.25, 0.3) is 5.91 Å². The lowest BCUT2D eigenvalue weighted by atomic mass is 10.1. The second-order valence-electron chi connectivity index (χ2n) is 7.49. The highest BCUT2D eigenvalue weighted by molar-refractivity contribution is 6.31. The predicted octanol–water partition coefficient (Wildman–Crippen LogP) is 2.43. The second-order valence-corrected chi connectivity index (χ2v) is 7.92. The first-order chi connectivity index (χ1) is 16.2. The number of rotatable bonds is 1. The summed E-state index contributed by atoms with van der Waals surface area (Å²) in [5, 5.41) is 1.54. The van der Waals surface area contributed by atoms with Crippen molar-refractivity contribution in [3.05, 3.63) is 89.6 Å². The third-order valence-electron chi connectivity index (χ3n) is 5.36. The Bertz CT molecular complexity index is 1290. The summed E-state index contributed by atoms with van der Waals surface area (Å²) >= 11 is 6.26. The minimum Gasteiger partial charge on any atom is -1.00 e. The maximum Gasteiger partial charge on any atom is 0.266 e. The number of aromatic amines is 1. The predicted molar refractivity (Wildman–Crippen MR) is 127 cm³/mol. The first-order valence-corrected chi connectivity index (χ1v) is 11.1. The van der Waals surface area contributed by atoms with Gasteiger partial charge in [-0.1, -0.05) is 29.8 Å². The Balaban J connectivity index is 0.000000344. The molecule has 4 aromatic rings. The number of nitrogens with one attached hydrogen (secondary N) is 1. The van der Waals surface area contributed by atoms with Crippen LogP contribution in [-0.2, 0) is 9.47 Å². The molecule has 8 heteroatoms. The van der Waals surface area contributed by atoms with Gasteiger partial charge in [-0.05, 0) is 48.5 Å². The number of amides is 1. The molecular weight excluding hydrogens is 475 g/mol. The smallest absolute Gasteiger partial charge is 0.266 e. The SMILES string of the molecule is C1COCCO1.O=C1c2ccccc2Oc2ccc(Cl)cc2N1c1cccc2ccc[nH+]c12.[Cl-]. The van der Waals surface area contributed by atoms with E-state index < -0.39 is 0 Å². The maximum atomic E-state index is 13.5. The highest BCUT2D eigenvalue weighted by Crippen LogP contribution is 2.44. The number of aromatic nitrogens is 1. The van der Waals surface area contributed by atoms with Crippen molar-refractivity contribution < 1.29 is 36.4 Å². The van der Waals surface area contributed by atoms with Crippen molar-refractivity contribution in [1.82, 2.24) is 0 Å². The summed E-state index contributed by atoms with van der Waals surface area (Å²) in [5.41, 5.74) is 2.70. The quantitative estimate of drug-likeness (QED) is 0.406. The topological polar surface area (TPSA) is 62.1 Å². The number of pyridine rings is 1. The summed E-state index contributed by atoms with van der Waals surface area (Å²) < 4.78 is 15.9. The molecule has 0 saturated carbocycles. The number of H-pyrrole nitrogens is 1. The molecule has 0 spiro atoms. The third-order valence-corrected chi connectivity index (χ3v) is 5.60. The van der Waals surface area contributed by atoms with E-state index in [0.717, 1.165) is 43.0 Å². The normalized spacial score (nSPS) is 14.5. The van der Waals surface area contributed by atoms with Crippen molar-refractivity contribution in [2.45, 2.75) is 0 Å². The molecule has 6 rings (SSSR count). The van der Waals surface area contributed by atoms with Crippen molar-refractivity contribution in [3.8, 4) is 11.5 Å². The van der Waals surface area contributed by atoms with Gasteiger partial charge in [-0.3, -0.25) is 9.69 Å². The van der Waals surface area contributed by atoms with Crippen molar-refractivity contribution >= 4 is 39.8 Å². The van der Waals surface area contributed by atoms with Gasteiger partial charge in [0.05, 0.1) is 37.7 Å². The fraction of sp³-hybridized carbons (Fsp3) is 0.154. The first-order valence-electron chi connectivity index (χ1n) is 10.7. The number of anilines is 2. The summed E-state index contributed by atoms with van der Waals surface area (Å²) in [6, 6.07) is 22.3. The highest BCUT2D eigenvalue weighted by atomic mass is 35.5. The molecular formula is C26H22Cl2N2O4. The van der Waals surface area contributed by atoms with Crippen LogP contribution in [0.2, 0.25) is 5.02 Å². The Labute approximate surface area is 208 Å². The largest absolute Gasteiger partial charge is 1.00 e. The molecule has 0 unspecified atom stereocenters. The minimum absolute atomic E-state index is 0. The van der Waals surface area contributed by atoms with E-state index in [1.165, 1.54) is 0 Å². The number of halogens is 2. The zero-order valence-electron chi connectivity index (χ0n) is 18.2. The molecule has 1 N–H and O–H groups in total. The number of hydrogen-bond donors (Lipinski definition) is 0. The third kappa shape index (κ3) is 4.86. The highest BCUT2D eigenvalue weighted by Gasteiger charge is 2.31. The fourth-order valence-corrected chi connectivity index (χ4v) is 4.00. The van der Waals surface area contributed by atoms with Gasteiger partial charge in [0, 0.05) is 16.5 Å². The van der Waals surface area contributed by atoms with E-state index >= 15 is 0 Å². The number of benzene rings is 3. The Kier molecular flexibility index (Phi) is 7.65. The van der Waals surface area contributed by atoms with Gasteiger partial charge in [0.1, 0.15) is 11.4 Å². The zero-order chi connectivity index (χ0) is 22.6. The van der Waals surface area contributed by atoms with Gasteiger partial charge in [0.2, 0.25) is 5.52 Å². The van der Waals surface area contributed by atoms with Gasteiger partial charge < -0.3 is 26.6 Å². The average molecular weight is 497 g/mol. The molecule has 174 valence electrons. The van der Waals surface area contributed by atoms with Gasteiger partial charge in [-0.2, -0.15) is 0 Å². The molecule has 0 aliphatic carbocycles. The van der Waals surface area contributed by atoms with Crippen LogP contribution in [0.1, 0.15) is 10.4 Å². The van der Waals surface area contributed by atoms with E-state index in [-0.39, 0.29) is 18.3 Å². The van der Waals surface area contributed by atoms with Gasteiger partial charge >= 0.3 is 0 Å². The summed E-state index contributed by atoms with van der Waals surface area (Å²) in [6.07, 6.45) is 1.84. The second kappa shape index (κ2) is 10.8. The molecule has 1 aromatic heterocycles. The lowest BCUT2D eigenvalue weighted by Crippen LogP contribution is -3.00. The lowest BCUT2D eigenvalue weighted by Gasteiger charge is -2.22. The zero-order valence-corrected chi connectivity index (χ0v) is 19.7. The van der Waals surface area contributed by atoms with Crippen molar-refractivity contribution in [1.29, 1.82) is 0 Å². The van der Waals surface area contributed by atoms with Crippen LogP contribution in [0, 0.1) is 0 Å². The standard InChI is InChI=1S/C22H13ClN2O2.C4H8O2.ClH/c23-15-10-11-20-18(13-15)25(22(26)16-7-1-2-9-19(16)27-20)17-8-3-5-14-6-4-12-24-21(14)17;1-2-6-4-3-5-1;/h1-13H;1-4H2;1H. The van der Waals surface area contributed by atoms with Gasteiger partial charge in [-0.15, -0.1) is 0 Å². The Morgan fingerprint density at radius 1 is 0.794 bits per heavy atom. The Morgan fingerprint density at radius 2 is 1.53 bits per heavy atom. The van der Waals surface area contributed by atoms with Crippen molar-refractivity contribution in [2.75, 3.05) is 31.3 Å². The van der Waals surface area contributed by atoms with E-state index in [1.54, 1.807) is 35.2 Å². The Morgan fingerprint density at radius 3 is 2.29 bits per heavy atom. The number of carbonyl (C=O) groups is 1. The van der Waals surface area contributed by atoms with Crippen LogP contribution in [0.5, 0.6) is 11.5 Å². The summed E-state index contributed by atoms with van der Waals surface area (Å²) in [5.74, 6) is 0.930. The van der Waals surface area contributed by atoms with Crippen molar-refractivity contribution in [3.63, 3.8) is 0 Å². The molecule has 3 heterocycles. The van der Waals surface area contributed by atoms with Crippen LogP contribution in [0.3, 0.4) is 0 Å². The molecule has 0 bridgehead atoms. The van der Waals surface area contributed by atoms with Gasteiger partial charge in [0.15, 0.2) is 11.9 Å². The van der Waals surface area contributed by atoms with Crippen LogP contribution in [0.4, 0.5) is 11.4 Å². The number of nitrogens with zero attached hydrogens (tertiary/aromatic N) is 1. The molecule has 2 aliphatic rings. The first kappa shape index (κ1) is 24.0. The van der Waals surface area contributed by atoms with E-state index in [4.69, 9.17) is 25.8 Å². The molecule has 34 heavy (non-hydrogen) atoms. The molecule has 1 fully saturated rings. The van der Waals surface area contributed by atoms with E-state index in [0.29, 0.717) is 27.8 Å². The summed E-state index contributed by atoms with van der Waals surface area (Å²) in [7, 11) is 0. The monoisotopic (exact) mass is 496 g/mol. The molecule has 6 nitrogen and oxygen atoms in total. The van der Waals surface area contributed by atoms with Crippen LogP contribution in [-0.4, -0.2) is 32.3 Å². The van der Waals surface area contributed by atoms with Crippen LogP contribution >= 0.6 is 11.6 Å².